The van der Waals surface area contributed by atoms with Gasteiger partial charge in [-0.1, -0.05) is 0 Å². The van der Waals surface area contributed by atoms with E-state index in [1.165, 1.54) is 0 Å². The standard InChI is InChI=1S/F3H2NO3P2/c1-8(2,5)4-9(3,6)7/h(H2,4,5,6,7). The van der Waals surface area contributed by atoms with Gasteiger partial charge < -0.3 is 4.89 Å². The zero-order valence-electron chi connectivity index (χ0n) is 3.79. The Bertz CT molecular complexity index is 157. The van der Waals surface area contributed by atoms with Gasteiger partial charge in [0.25, 0.3) is 0 Å². The van der Waals surface area contributed by atoms with Crippen molar-refractivity contribution in [3.63, 3.8) is 0 Å². The summed E-state index contributed by atoms with van der Waals surface area (Å²) in [6.07, 6.45) is 0. The van der Waals surface area contributed by atoms with Crippen molar-refractivity contribution in [2.45, 2.75) is 0 Å². The zero-order chi connectivity index (χ0) is 7.71. The number of halogens is 3. The molecule has 0 aliphatic rings. The molecule has 0 bridgehead atoms. The normalized spacial score (nSPS) is 19.1. The first-order valence-electron chi connectivity index (χ1n) is 1.52. The van der Waals surface area contributed by atoms with Crippen molar-refractivity contribution in [1.82, 2.24) is 4.86 Å². The van der Waals surface area contributed by atoms with Gasteiger partial charge in [0.05, 0.1) is 0 Å². The molecule has 0 aliphatic carbocycles. The lowest BCUT2D eigenvalue weighted by Gasteiger charge is -1.99. The summed E-state index contributed by atoms with van der Waals surface area (Å²) in [5.41, 5.74) is 0. The highest BCUT2D eigenvalue weighted by Gasteiger charge is 2.31. The third-order valence-corrected chi connectivity index (χ3v) is 2.16. The van der Waals surface area contributed by atoms with Gasteiger partial charge in [-0.05, 0) is 0 Å². The average Bonchev–Trinajstić information content (AvgIpc) is 1.14. The Morgan fingerprint density at radius 1 is 1.22 bits per heavy atom. The van der Waals surface area contributed by atoms with Crippen LogP contribution in [0.1, 0.15) is 0 Å². The molecule has 4 nitrogen and oxygen atoms in total. The molecule has 0 amide bonds. The average molecular weight is 183 g/mol. The molecular weight excluding hydrogens is 181 g/mol. The molecule has 0 radical (unpaired) electrons. The predicted octanol–water partition coefficient (Wildman–Crippen LogP) is 1.69. The number of nitrogens with one attached hydrogen (secondary N) is 1. The molecule has 0 aromatic carbocycles. The lowest BCUT2D eigenvalue weighted by molar-refractivity contribution is 0.415. The van der Waals surface area contributed by atoms with Gasteiger partial charge in [-0.25, -0.2) is 9.13 Å². The van der Waals surface area contributed by atoms with E-state index in [0.29, 0.717) is 0 Å². The predicted molar refractivity (Wildman–Crippen MR) is 23.9 cm³/mol. The molecule has 0 saturated carbocycles. The van der Waals surface area contributed by atoms with Crippen molar-refractivity contribution < 1.29 is 26.6 Å². The maximum absolute atomic E-state index is 11.2. The van der Waals surface area contributed by atoms with E-state index in [9.17, 15) is 21.7 Å². The molecule has 1 unspecified atom stereocenters. The lowest BCUT2D eigenvalue weighted by Crippen LogP contribution is -1.95. The molecule has 9 heteroatoms. The van der Waals surface area contributed by atoms with Crippen LogP contribution in [-0.4, -0.2) is 4.89 Å². The Labute approximate surface area is 48.4 Å². The fourth-order valence-electron chi connectivity index (χ4n) is 0.144. The minimum atomic E-state index is -5.93. The quantitative estimate of drug-likeness (QED) is 0.639. The summed E-state index contributed by atoms with van der Waals surface area (Å²) in [5.74, 6) is 0. The highest BCUT2D eigenvalue weighted by Crippen LogP contribution is 2.55. The van der Waals surface area contributed by atoms with E-state index < -0.39 is 15.7 Å². The van der Waals surface area contributed by atoms with Crippen LogP contribution in [0.4, 0.5) is 12.6 Å². The van der Waals surface area contributed by atoms with E-state index in [4.69, 9.17) is 4.89 Å². The van der Waals surface area contributed by atoms with E-state index in [1.807, 2.05) is 0 Å². The number of hydrogen-bond donors (Lipinski definition) is 2. The van der Waals surface area contributed by atoms with Gasteiger partial charge in [0, 0.05) is 0 Å². The van der Waals surface area contributed by atoms with E-state index in [2.05, 4.69) is 0 Å². The first kappa shape index (κ1) is 9.17. The molecule has 0 heterocycles. The summed E-state index contributed by atoms with van der Waals surface area (Å²) in [6, 6.07) is 0. The SMILES string of the molecule is O=P(O)(F)NP(=O)(F)F. The van der Waals surface area contributed by atoms with Crippen LogP contribution in [0.2, 0.25) is 0 Å². The van der Waals surface area contributed by atoms with Crippen molar-refractivity contribution >= 4 is 15.7 Å². The van der Waals surface area contributed by atoms with Crippen LogP contribution in [0.25, 0.3) is 0 Å². The Morgan fingerprint density at radius 3 is 1.56 bits per heavy atom. The monoisotopic (exact) mass is 183 g/mol. The molecule has 0 aliphatic heterocycles. The smallest absolute Gasteiger partial charge is 0.309 e. The molecule has 0 rings (SSSR count). The van der Waals surface area contributed by atoms with Crippen LogP contribution in [0.3, 0.4) is 0 Å². The molecule has 0 aromatic heterocycles. The minimum Gasteiger partial charge on any atom is -0.309 e. The molecule has 0 aromatic rings. The van der Waals surface area contributed by atoms with Gasteiger partial charge in [-0.3, -0.25) is 0 Å². The summed E-state index contributed by atoms with van der Waals surface area (Å²) >= 11 is 0. The minimum absolute atomic E-state index is 0.125. The molecule has 1 atom stereocenters. The van der Waals surface area contributed by atoms with E-state index >= 15 is 0 Å². The van der Waals surface area contributed by atoms with Crippen LogP contribution in [-0.2, 0) is 9.13 Å². The van der Waals surface area contributed by atoms with Crippen molar-refractivity contribution in [3.8, 4) is 0 Å². The highest BCUT2D eigenvalue weighted by molar-refractivity contribution is 7.66. The van der Waals surface area contributed by atoms with Gasteiger partial charge in [-0.2, -0.15) is 0 Å². The van der Waals surface area contributed by atoms with Crippen molar-refractivity contribution in [1.29, 1.82) is 0 Å². The second kappa shape index (κ2) is 2.42. The summed E-state index contributed by atoms with van der Waals surface area (Å²) in [6.45, 7) is 0. The fraction of sp³-hybridized carbons (Fsp3) is 0. The molecule has 56 valence electrons. The Hall–Kier alpha value is 0.170. The molecule has 9 heavy (non-hydrogen) atoms. The topological polar surface area (TPSA) is 66.4 Å². The molecule has 2 N–H and O–H groups in total. The van der Waals surface area contributed by atoms with Crippen LogP contribution >= 0.6 is 15.7 Å². The molecule has 0 fully saturated rings. The number of hydrogen-bond acceptors (Lipinski definition) is 2. The van der Waals surface area contributed by atoms with Crippen LogP contribution in [0.5, 0.6) is 0 Å². The largest absolute Gasteiger partial charge is 0.490 e. The van der Waals surface area contributed by atoms with Crippen molar-refractivity contribution in [2.75, 3.05) is 0 Å². The molecular formula is H2F3NO3P2. The summed E-state index contributed by atoms with van der Waals surface area (Å²) in [4.78, 5) is 7.60. The molecule has 0 saturated heterocycles. The van der Waals surface area contributed by atoms with Crippen molar-refractivity contribution in [3.05, 3.63) is 0 Å². The first-order chi connectivity index (χ1) is 3.71. The second-order valence-corrected chi connectivity index (χ2v) is 3.79. The van der Waals surface area contributed by atoms with E-state index in [-0.39, 0.29) is 4.86 Å². The summed E-state index contributed by atoms with van der Waals surface area (Å²) in [7, 11) is -11.5. The third-order valence-electron chi connectivity index (χ3n) is 0.240. The lowest BCUT2D eigenvalue weighted by atomic mass is 13.9. The Balaban J connectivity index is 4.07. The van der Waals surface area contributed by atoms with E-state index in [0.717, 1.165) is 0 Å². The molecule has 0 spiro atoms. The maximum atomic E-state index is 11.2. The maximum Gasteiger partial charge on any atom is 0.490 e. The first-order valence-corrected chi connectivity index (χ1v) is 4.56. The van der Waals surface area contributed by atoms with Crippen LogP contribution in [0, 0.1) is 0 Å². The zero-order valence-corrected chi connectivity index (χ0v) is 5.58. The second-order valence-electron chi connectivity index (χ2n) is 1.06. The van der Waals surface area contributed by atoms with Gasteiger partial charge in [0.15, 0.2) is 0 Å². The fourth-order valence-corrected chi connectivity index (χ4v) is 1.29. The van der Waals surface area contributed by atoms with Crippen LogP contribution in [0.15, 0.2) is 0 Å². The summed E-state index contributed by atoms with van der Waals surface area (Å²) in [5, 5.41) is 0. The van der Waals surface area contributed by atoms with Gasteiger partial charge in [-0.15, -0.1) is 17.4 Å². The highest BCUT2D eigenvalue weighted by atomic mass is 31.3. The summed E-state index contributed by atoms with van der Waals surface area (Å²) < 4.78 is 52.0. The van der Waals surface area contributed by atoms with Crippen LogP contribution < -0.4 is 4.86 Å². The third kappa shape index (κ3) is 8.17. The van der Waals surface area contributed by atoms with Crippen molar-refractivity contribution in [2.24, 2.45) is 0 Å². The van der Waals surface area contributed by atoms with Gasteiger partial charge in [0.1, 0.15) is 0 Å². The Kier molecular flexibility index (Phi) is 2.47. The van der Waals surface area contributed by atoms with E-state index in [1.54, 1.807) is 0 Å². The van der Waals surface area contributed by atoms with Gasteiger partial charge in [0.2, 0.25) is 0 Å². The Morgan fingerprint density at radius 2 is 1.56 bits per heavy atom. The van der Waals surface area contributed by atoms with Gasteiger partial charge >= 0.3 is 15.7 Å². The number of rotatable bonds is 2.